The molecule has 1 amide bonds. The van der Waals surface area contributed by atoms with Gasteiger partial charge in [-0.1, -0.05) is 30.3 Å². The van der Waals surface area contributed by atoms with Crippen molar-refractivity contribution < 1.29 is 24.4 Å². The van der Waals surface area contributed by atoms with E-state index in [4.69, 9.17) is 10.2 Å². The molecule has 0 radical (unpaired) electrons. The van der Waals surface area contributed by atoms with Crippen LogP contribution in [-0.2, 0) is 15.8 Å². The number of carbonyl (C=O) groups is 2. The van der Waals surface area contributed by atoms with E-state index in [9.17, 15) is 14.2 Å². The monoisotopic (exact) mass is 362 g/mol. The van der Waals surface area contributed by atoms with Gasteiger partial charge >= 0.3 is 5.97 Å². The molecule has 0 aliphatic rings. The van der Waals surface area contributed by atoms with Crippen molar-refractivity contribution in [2.75, 3.05) is 11.7 Å². The van der Waals surface area contributed by atoms with Crippen LogP contribution in [0.15, 0.2) is 54.6 Å². The summed E-state index contributed by atoms with van der Waals surface area (Å²) in [5.74, 6) is -1.47. The zero-order valence-corrected chi connectivity index (χ0v) is 14.3. The number of rotatable bonds is 8. The van der Waals surface area contributed by atoms with Crippen LogP contribution in [0.3, 0.4) is 0 Å². The Hall–Kier alpha value is -2.47. The molecule has 0 heterocycles. The molecule has 0 aromatic heterocycles. The SMILES string of the molecule is O=C(O)c1ccc(NC(=O)C(Cc2ccccc2)N[PH](=O)CO)cc1. The van der Waals surface area contributed by atoms with E-state index in [1.54, 1.807) is 0 Å². The number of carboxylic acids is 1. The van der Waals surface area contributed by atoms with Gasteiger partial charge in [-0.25, -0.2) is 4.79 Å². The molecule has 2 unspecified atom stereocenters. The predicted molar refractivity (Wildman–Crippen MR) is 95.2 cm³/mol. The second-order valence-electron chi connectivity index (χ2n) is 5.34. The smallest absolute Gasteiger partial charge is 0.335 e. The zero-order chi connectivity index (χ0) is 18.2. The van der Waals surface area contributed by atoms with Crippen LogP contribution in [0.5, 0.6) is 0 Å². The van der Waals surface area contributed by atoms with Crippen LogP contribution in [-0.4, -0.2) is 34.5 Å². The first kappa shape index (κ1) is 18.9. The summed E-state index contributed by atoms with van der Waals surface area (Å²) in [6.07, 6.45) is -0.229. The molecule has 0 aliphatic carbocycles. The van der Waals surface area contributed by atoms with Crippen molar-refractivity contribution in [2.45, 2.75) is 12.5 Å². The second-order valence-corrected chi connectivity index (χ2v) is 6.79. The fraction of sp³-hybridized carbons (Fsp3) is 0.176. The molecule has 2 aromatic rings. The zero-order valence-electron chi connectivity index (χ0n) is 13.3. The van der Waals surface area contributed by atoms with Crippen LogP contribution < -0.4 is 10.4 Å². The van der Waals surface area contributed by atoms with Gasteiger partial charge in [-0.05, 0) is 36.2 Å². The summed E-state index contributed by atoms with van der Waals surface area (Å²) in [6, 6.07) is 14.2. The van der Waals surface area contributed by atoms with Crippen molar-refractivity contribution in [2.24, 2.45) is 0 Å². The van der Waals surface area contributed by atoms with Crippen molar-refractivity contribution in [3.05, 3.63) is 65.7 Å². The number of aliphatic hydroxyl groups is 1. The number of aliphatic hydroxyl groups excluding tert-OH is 1. The van der Waals surface area contributed by atoms with Gasteiger partial charge in [0.25, 0.3) is 0 Å². The molecule has 132 valence electrons. The minimum Gasteiger partial charge on any atom is -0.478 e. The van der Waals surface area contributed by atoms with E-state index in [0.29, 0.717) is 12.1 Å². The van der Waals surface area contributed by atoms with Gasteiger partial charge < -0.3 is 20.1 Å². The summed E-state index contributed by atoms with van der Waals surface area (Å²) in [4.78, 5) is 23.3. The fourth-order valence-corrected chi connectivity index (χ4v) is 2.94. The summed E-state index contributed by atoms with van der Waals surface area (Å²) in [7, 11) is -2.48. The summed E-state index contributed by atoms with van der Waals surface area (Å²) < 4.78 is 11.7. The summed E-state index contributed by atoms with van der Waals surface area (Å²) in [5, 5.41) is 23.2. The van der Waals surface area contributed by atoms with Gasteiger partial charge in [-0.3, -0.25) is 9.88 Å². The molecule has 2 rings (SSSR count). The molecule has 0 saturated carbocycles. The third-order valence-corrected chi connectivity index (χ3v) is 4.44. The van der Waals surface area contributed by atoms with E-state index < -0.39 is 32.2 Å². The molecule has 0 aliphatic heterocycles. The molecule has 0 fully saturated rings. The van der Waals surface area contributed by atoms with E-state index in [2.05, 4.69) is 10.4 Å². The van der Waals surface area contributed by atoms with E-state index in [0.717, 1.165) is 5.56 Å². The van der Waals surface area contributed by atoms with E-state index in [-0.39, 0.29) is 5.56 Å². The highest BCUT2D eigenvalue weighted by Crippen LogP contribution is 2.17. The van der Waals surface area contributed by atoms with E-state index in [1.165, 1.54) is 24.3 Å². The fourth-order valence-electron chi connectivity index (χ4n) is 2.22. The first-order valence-corrected chi connectivity index (χ1v) is 9.19. The minimum atomic E-state index is -2.48. The average Bonchev–Trinajstić information content (AvgIpc) is 2.62. The molecular formula is C17H19N2O5P. The number of nitrogens with one attached hydrogen (secondary N) is 2. The van der Waals surface area contributed by atoms with Crippen LogP contribution in [0.4, 0.5) is 5.69 Å². The minimum absolute atomic E-state index is 0.113. The largest absolute Gasteiger partial charge is 0.478 e. The maximum Gasteiger partial charge on any atom is 0.335 e. The number of hydrogen-bond donors (Lipinski definition) is 4. The lowest BCUT2D eigenvalue weighted by atomic mass is 10.1. The lowest BCUT2D eigenvalue weighted by Crippen LogP contribution is -2.39. The molecule has 4 N–H and O–H groups in total. The first-order valence-electron chi connectivity index (χ1n) is 7.58. The molecule has 25 heavy (non-hydrogen) atoms. The van der Waals surface area contributed by atoms with Gasteiger partial charge in [0.05, 0.1) is 11.6 Å². The van der Waals surface area contributed by atoms with Gasteiger partial charge in [-0.15, -0.1) is 0 Å². The van der Waals surface area contributed by atoms with E-state index in [1.807, 2.05) is 30.3 Å². The molecular weight excluding hydrogens is 343 g/mol. The Balaban J connectivity index is 2.10. The lowest BCUT2D eigenvalue weighted by Gasteiger charge is -2.18. The van der Waals surface area contributed by atoms with Gasteiger partial charge in [-0.2, -0.15) is 0 Å². The van der Waals surface area contributed by atoms with Crippen LogP contribution >= 0.6 is 7.95 Å². The molecule has 0 saturated heterocycles. The van der Waals surface area contributed by atoms with Crippen LogP contribution in [0.25, 0.3) is 0 Å². The predicted octanol–water partition coefficient (Wildman–Crippen LogP) is 1.95. The van der Waals surface area contributed by atoms with Crippen molar-refractivity contribution in [1.29, 1.82) is 0 Å². The number of benzene rings is 2. The highest BCUT2D eigenvalue weighted by Gasteiger charge is 2.20. The third kappa shape index (κ3) is 5.83. The van der Waals surface area contributed by atoms with Gasteiger partial charge in [0.15, 0.2) is 7.95 Å². The highest BCUT2D eigenvalue weighted by molar-refractivity contribution is 7.42. The number of amides is 1. The number of anilines is 1. The Bertz CT molecular complexity index is 749. The standard InChI is InChI=1S/C17H19N2O5P/c20-11-25(24)19-15(10-12-4-2-1-3-5-12)16(21)18-14-8-6-13(7-9-14)17(22)23/h1-9,15,20,25H,10-11H2,(H,18,21)(H,19,24)(H,22,23). The Morgan fingerprint density at radius 2 is 1.68 bits per heavy atom. The second kappa shape index (κ2) is 9.13. The van der Waals surface area contributed by atoms with Crippen LogP contribution in [0.2, 0.25) is 0 Å². The summed E-state index contributed by atoms with van der Waals surface area (Å²) in [5.41, 5.74) is 1.42. The van der Waals surface area contributed by atoms with Crippen LogP contribution in [0.1, 0.15) is 15.9 Å². The molecule has 0 spiro atoms. The number of carbonyl (C=O) groups excluding carboxylic acids is 1. The Labute approximate surface area is 145 Å². The Kier molecular flexibility index (Phi) is 6.89. The topological polar surface area (TPSA) is 116 Å². The van der Waals surface area contributed by atoms with E-state index >= 15 is 0 Å². The van der Waals surface area contributed by atoms with Gasteiger partial charge in [0.2, 0.25) is 5.91 Å². The van der Waals surface area contributed by atoms with Crippen molar-refractivity contribution >= 4 is 25.5 Å². The van der Waals surface area contributed by atoms with Crippen LogP contribution in [0, 0.1) is 0 Å². The molecule has 0 bridgehead atoms. The first-order chi connectivity index (χ1) is 12.0. The van der Waals surface area contributed by atoms with Gasteiger partial charge in [0, 0.05) is 5.69 Å². The maximum atomic E-state index is 12.5. The Morgan fingerprint density at radius 1 is 1.04 bits per heavy atom. The Morgan fingerprint density at radius 3 is 2.24 bits per heavy atom. The molecule has 8 heteroatoms. The average molecular weight is 362 g/mol. The van der Waals surface area contributed by atoms with Crippen molar-refractivity contribution in [3.63, 3.8) is 0 Å². The third-order valence-electron chi connectivity index (χ3n) is 3.48. The van der Waals surface area contributed by atoms with Crippen molar-refractivity contribution in [1.82, 2.24) is 5.09 Å². The number of hydrogen-bond acceptors (Lipinski definition) is 4. The lowest BCUT2D eigenvalue weighted by molar-refractivity contribution is -0.117. The summed E-state index contributed by atoms with van der Waals surface area (Å²) in [6.45, 7) is 0. The molecule has 7 nitrogen and oxygen atoms in total. The molecule has 2 atom stereocenters. The van der Waals surface area contributed by atoms with Gasteiger partial charge in [0.1, 0.15) is 6.35 Å². The van der Waals surface area contributed by atoms with Crippen molar-refractivity contribution in [3.8, 4) is 0 Å². The summed E-state index contributed by atoms with van der Waals surface area (Å²) >= 11 is 0. The molecule has 2 aromatic carbocycles. The quantitative estimate of drug-likeness (QED) is 0.534. The maximum absolute atomic E-state index is 12.5. The number of carboxylic acid groups (broad SMARTS) is 1. The highest BCUT2D eigenvalue weighted by atomic mass is 31.1. The number of aromatic carboxylic acids is 1. The normalized spacial score (nSPS) is 13.0.